The number of ether oxygens (including phenoxy) is 1. The van der Waals surface area contributed by atoms with Gasteiger partial charge in [-0.1, -0.05) is 0 Å². The van der Waals surface area contributed by atoms with Gasteiger partial charge in [-0.3, -0.25) is 4.79 Å². The van der Waals surface area contributed by atoms with Gasteiger partial charge in [-0.2, -0.15) is 0 Å². The van der Waals surface area contributed by atoms with E-state index in [1.165, 1.54) is 24.2 Å². The average Bonchev–Trinajstić information content (AvgIpc) is 2.38. The fraction of sp³-hybridized carbons (Fsp3) is 0.923. The van der Waals surface area contributed by atoms with Crippen molar-refractivity contribution in [1.82, 2.24) is 0 Å². The third kappa shape index (κ3) is 1.75. The topological polar surface area (TPSA) is 26.3 Å². The van der Waals surface area contributed by atoms with E-state index in [4.69, 9.17) is 4.74 Å². The largest absolute Gasteiger partial charge is 0.462 e. The van der Waals surface area contributed by atoms with E-state index in [1.807, 2.05) is 0 Å². The third-order valence-corrected chi connectivity index (χ3v) is 4.92. The first kappa shape index (κ1) is 11.9. The number of piperidine rings is 1. The number of hydrogen-bond donors (Lipinski definition) is 0. The monoisotopic (exact) mass is 226 g/mol. The molecule has 0 radical (unpaired) electrons. The van der Waals surface area contributed by atoms with E-state index in [1.54, 1.807) is 0 Å². The van der Waals surface area contributed by atoms with Gasteiger partial charge in [0.1, 0.15) is 6.10 Å². The lowest BCUT2D eigenvalue weighted by atomic mass is 9.94. The minimum absolute atomic E-state index is 0.120. The van der Waals surface area contributed by atoms with Crippen LogP contribution in [0.3, 0.4) is 0 Å². The van der Waals surface area contributed by atoms with Crippen molar-refractivity contribution in [2.75, 3.05) is 7.05 Å². The van der Waals surface area contributed by atoms with Crippen LogP contribution in [0.5, 0.6) is 0 Å². The summed E-state index contributed by atoms with van der Waals surface area (Å²) in [6, 6.07) is 2.07. The summed E-state index contributed by atoms with van der Waals surface area (Å²) in [5.74, 6) is -0.120. The molecule has 3 nitrogen and oxygen atoms in total. The van der Waals surface area contributed by atoms with Crippen molar-refractivity contribution in [2.24, 2.45) is 0 Å². The summed E-state index contributed by atoms with van der Waals surface area (Å²) in [5, 5.41) is 0. The highest BCUT2D eigenvalue weighted by molar-refractivity contribution is 5.66. The van der Waals surface area contributed by atoms with E-state index in [9.17, 15) is 4.79 Å². The highest BCUT2D eigenvalue weighted by atomic mass is 16.5. The number of nitrogens with zero attached hydrogens (tertiary/aromatic N) is 1. The number of esters is 1. The molecule has 2 unspecified atom stereocenters. The molecule has 0 amide bonds. The van der Waals surface area contributed by atoms with E-state index in [0.29, 0.717) is 18.1 Å². The van der Waals surface area contributed by atoms with Gasteiger partial charge < -0.3 is 9.22 Å². The van der Waals surface area contributed by atoms with Crippen LogP contribution in [-0.4, -0.2) is 41.7 Å². The molecule has 2 bridgehead atoms. The zero-order valence-electron chi connectivity index (χ0n) is 10.9. The lowest BCUT2D eigenvalue weighted by Gasteiger charge is -2.49. The number of fused-ring (bicyclic) bond motifs is 2. The Kier molecular flexibility index (Phi) is 2.99. The van der Waals surface area contributed by atoms with Gasteiger partial charge in [-0.15, -0.1) is 0 Å². The molecule has 0 N–H and O–H groups in total. The molecule has 0 aromatic heterocycles. The third-order valence-electron chi connectivity index (χ3n) is 4.92. The minimum atomic E-state index is -0.120. The Hall–Kier alpha value is -0.570. The molecule has 4 atom stereocenters. The van der Waals surface area contributed by atoms with E-state index in [2.05, 4.69) is 20.9 Å². The van der Waals surface area contributed by atoms with Crippen LogP contribution in [0.2, 0.25) is 0 Å². The molecule has 3 heteroatoms. The van der Waals surface area contributed by atoms with Crippen molar-refractivity contribution in [3.63, 3.8) is 0 Å². The van der Waals surface area contributed by atoms with Gasteiger partial charge in [0.15, 0.2) is 0 Å². The standard InChI is InChI=1S/C13H24NO2/c1-9(2)14(4)11-5-6-12(14)8-13(7-11)16-10(3)15/h9,11-13H,5-8H2,1-4H3/q+1/t11-,12+,13?,14?. The van der Waals surface area contributed by atoms with Crippen molar-refractivity contribution in [3.05, 3.63) is 0 Å². The fourth-order valence-corrected chi connectivity index (χ4v) is 3.81. The maximum atomic E-state index is 11.0. The zero-order chi connectivity index (χ0) is 11.9. The normalized spacial score (nSPS) is 42.4. The first-order valence-electron chi connectivity index (χ1n) is 6.47. The lowest BCUT2D eigenvalue weighted by molar-refractivity contribution is -0.968. The lowest BCUT2D eigenvalue weighted by Crippen LogP contribution is -2.62. The van der Waals surface area contributed by atoms with Crippen molar-refractivity contribution in [3.8, 4) is 0 Å². The van der Waals surface area contributed by atoms with E-state index in [0.717, 1.165) is 12.8 Å². The molecule has 0 aliphatic carbocycles. The van der Waals surface area contributed by atoms with E-state index in [-0.39, 0.29) is 12.1 Å². The Morgan fingerprint density at radius 3 is 2.12 bits per heavy atom. The predicted octanol–water partition coefficient (Wildman–Crippen LogP) is 2.10. The Morgan fingerprint density at radius 1 is 1.25 bits per heavy atom. The van der Waals surface area contributed by atoms with Crippen molar-refractivity contribution < 1.29 is 14.0 Å². The molecule has 2 aliphatic rings. The predicted molar refractivity (Wildman–Crippen MR) is 62.9 cm³/mol. The van der Waals surface area contributed by atoms with E-state index < -0.39 is 0 Å². The first-order valence-corrected chi connectivity index (χ1v) is 6.47. The second-order valence-electron chi connectivity index (χ2n) is 5.90. The average molecular weight is 226 g/mol. The Bertz CT molecular complexity index is 274. The molecular formula is C13H24NO2+. The van der Waals surface area contributed by atoms with Crippen molar-refractivity contribution in [2.45, 2.75) is 70.7 Å². The van der Waals surface area contributed by atoms with Crippen LogP contribution in [0.4, 0.5) is 0 Å². The molecule has 2 fully saturated rings. The molecule has 2 rings (SSSR count). The van der Waals surface area contributed by atoms with Crippen LogP contribution in [0, 0.1) is 0 Å². The van der Waals surface area contributed by atoms with Crippen molar-refractivity contribution in [1.29, 1.82) is 0 Å². The van der Waals surface area contributed by atoms with Gasteiger partial charge in [0.2, 0.25) is 0 Å². The summed E-state index contributed by atoms with van der Waals surface area (Å²) < 4.78 is 6.59. The molecule has 0 aromatic rings. The number of hydrogen-bond acceptors (Lipinski definition) is 2. The zero-order valence-corrected chi connectivity index (χ0v) is 10.9. The summed E-state index contributed by atoms with van der Waals surface area (Å²) in [6.45, 7) is 6.15. The van der Waals surface area contributed by atoms with Gasteiger partial charge in [-0.05, 0) is 13.8 Å². The number of carbonyl (C=O) groups excluding carboxylic acids is 1. The molecule has 92 valence electrons. The highest BCUT2D eigenvalue weighted by Crippen LogP contribution is 2.43. The second-order valence-corrected chi connectivity index (χ2v) is 5.90. The van der Waals surface area contributed by atoms with Crippen LogP contribution in [0.1, 0.15) is 46.5 Å². The summed E-state index contributed by atoms with van der Waals surface area (Å²) in [6.07, 6.45) is 4.91. The molecular weight excluding hydrogens is 202 g/mol. The van der Waals surface area contributed by atoms with Gasteiger partial charge in [0, 0.05) is 32.6 Å². The smallest absolute Gasteiger partial charge is 0.302 e. The Morgan fingerprint density at radius 2 is 1.75 bits per heavy atom. The van der Waals surface area contributed by atoms with E-state index >= 15 is 0 Å². The molecule has 2 heterocycles. The molecule has 0 aromatic carbocycles. The summed E-state index contributed by atoms with van der Waals surface area (Å²) in [7, 11) is 2.39. The van der Waals surface area contributed by atoms with Crippen molar-refractivity contribution >= 4 is 5.97 Å². The number of quaternary nitrogens is 1. The SMILES string of the molecule is CC(=O)OC1C[C@H]2CC[C@@H](C1)[N+]2(C)C(C)C. The first-order chi connectivity index (χ1) is 7.44. The van der Waals surface area contributed by atoms with Crippen LogP contribution in [-0.2, 0) is 9.53 Å². The summed E-state index contributed by atoms with van der Waals surface area (Å²) >= 11 is 0. The highest BCUT2D eigenvalue weighted by Gasteiger charge is 2.53. The maximum absolute atomic E-state index is 11.0. The van der Waals surface area contributed by atoms with Crippen LogP contribution >= 0.6 is 0 Å². The quantitative estimate of drug-likeness (QED) is 0.532. The Balaban J connectivity index is 2.09. The van der Waals surface area contributed by atoms with Gasteiger partial charge in [-0.25, -0.2) is 0 Å². The van der Waals surface area contributed by atoms with Gasteiger partial charge in [0.25, 0.3) is 0 Å². The number of rotatable bonds is 2. The molecule has 2 saturated heterocycles. The maximum Gasteiger partial charge on any atom is 0.302 e. The van der Waals surface area contributed by atoms with Gasteiger partial charge in [0.05, 0.1) is 25.2 Å². The number of carbonyl (C=O) groups is 1. The van der Waals surface area contributed by atoms with Crippen LogP contribution in [0.15, 0.2) is 0 Å². The minimum Gasteiger partial charge on any atom is -0.462 e. The molecule has 2 aliphatic heterocycles. The summed E-state index contributed by atoms with van der Waals surface area (Å²) in [5.41, 5.74) is 0. The molecule has 0 saturated carbocycles. The molecule has 16 heavy (non-hydrogen) atoms. The fourth-order valence-electron chi connectivity index (χ4n) is 3.81. The van der Waals surface area contributed by atoms with Crippen LogP contribution in [0.25, 0.3) is 0 Å². The van der Waals surface area contributed by atoms with Crippen LogP contribution < -0.4 is 0 Å². The second kappa shape index (κ2) is 4.02. The Labute approximate surface area is 98.4 Å². The van der Waals surface area contributed by atoms with Gasteiger partial charge >= 0.3 is 5.97 Å². The molecule has 0 spiro atoms. The summed E-state index contributed by atoms with van der Waals surface area (Å²) in [4.78, 5) is 11.0.